The Bertz CT molecular complexity index is 389. The molecule has 0 bridgehead atoms. The normalized spacial score (nSPS) is 12.2. The molecular weight excluding hydrogens is 236 g/mol. The molecule has 1 aromatic rings. The number of aromatic nitrogens is 2. The Kier molecular flexibility index (Phi) is 5.16. The van der Waals surface area contributed by atoms with Crippen LogP contribution in [0.2, 0.25) is 0 Å². The van der Waals surface area contributed by atoms with Crippen LogP contribution < -0.4 is 10.6 Å². The van der Waals surface area contributed by atoms with Crippen molar-refractivity contribution in [2.24, 2.45) is 5.92 Å². The standard InChI is InChI=1S/C11H18N4O3/c1-8(2)9(10(16)17)14-11(18)13-4-6-15-5-3-12-7-15/h3,5,7-9H,4,6H2,1-2H3,(H,16,17)(H2,13,14,18)/t9-/m1/s1. The number of carboxylic acid groups (broad SMARTS) is 1. The summed E-state index contributed by atoms with van der Waals surface area (Å²) in [6.45, 7) is 4.48. The van der Waals surface area contributed by atoms with Crippen molar-refractivity contribution in [3.8, 4) is 0 Å². The van der Waals surface area contributed by atoms with Crippen LogP contribution in [0.25, 0.3) is 0 Å². The molecule has 7 heteroatoms. The third-order valence-electron chi connectivity index (χ3n) is 2.43. The van der Waals surface area contributed by atoms with Gasteiger partial charge < -0.3 is 20.3 Å². The lowest BCUT2D eigenvalue weighted by atomic mass is 10.1. The number of hydrogen-bond acceptors (Lipinski definition) is 3. The molecule has 0 radical (unpaired) electrons. The van der Waals surface area contributed by atoms with Crippen LogP contribution in [0, 0.1) is 5.92 Å². The summed E-state index contributed by atoms with van der Waals surface area (Å²) in [5.74, 6) is -1.20. The van der Waals surface area contributed by atoms with Gasteiger partial charge in [0.25, 0.3) is 0 Å². The van der Waals surface area contributed by atoms with Crippen LogP contribution in [0.1, 0.15) is 13.8 Å². The number of carbonyl (C=O) groups is 2. The van der Waals surface area contributed by atoms with Crippen molar-refractivity contribution in [3.63, 3.8) is 0 Å². The molecule has 0 aromatic carbocycles. The first-order valence-electron chi connectivity index (χ1n) is 5.73. The van der Waals surface area contributed by atoms with Crippen molar-refractivity contribution in [3.05, 3.63) is 18.7 Å². The van der Waals surface area contributed by atoms with Crippen molar-refractivity contribution in [1.82, 2.24) is 20.2 Å². The second-order valence-corrected chi connectivity index (χ2v) is 4.26. The topological polar surface area (TPSA) is 96.3 Å². The van der Waals surface area contributed by atoms with Gasteiger partial charge in [0, 0.05) is 25.5 Å². The molecule has 0 unspecified atom stereocenters. The van der Waals surface area contributed by atoms with E-state index < -0.39 is 18.0 Å². The Morgan fingerprint density at radius 1 is 1.44 bits per heavy atom. The molecule has 0 spiro atoms. The van der Waals surface area contributed by atoms with Crippen molar-refractivity contribution in [2.45, 2.75) is 26.4 Å². The van der Waals surface area contributed by atoms with Gasteiger partial charge in [-0.25, -0.2) is 14.6 Å². The van der Waals surface area contributed by atoms with Crippen molar-refractivity contribution >= 4 is 12.0 Å². The summed E-state index contributed by atoms with van der Waals surface area (Å²) >= 11 is 0. The van der Waals surface area contributed by atoms with Crippen LogP contribution in [0.5, 0.6) is 0 Å². The minimum Gasteiger partial charge on any atom is -0.480 e. The summed E-state index contributed by atoms with van der Waals surface area (Å²) in [5.41, 5.74) is 0. The lowest BCUT2D eigenvalue weighted by Crippen LogP contribution is -2.49. The molecule has 1 heterocycles. The van der Waals surface area contributed by atoms with E-state index in [-0.39, 0.29) is 5.92 Å². The van der Waals surface area contributed by atoms with Crippen LogP contribution in [-0.4, -0.2) is 39.2 Å². The van der Waals surface area contributed by atoms with Gasteiger partial charge in [0.2, 0.25) is 0 Å². The summed E-state index contributed by atoms with van der Waals surface area (Å²) < 4.78 is 1.82. The average molecular weight is 254 g/mol. The van der Waals surface area contributed by atoms with E-state index in [1.165, 1.54) is 0 Å². The molecule has 0 saturated carbocycles. The molecule has 1 aromatic heterocycles. The number of nitrogens with one attached hydrogen (secondary N) is 2. The van der Waals surface area contributed by atoms with E-state index in [1.54, 1.807) is 32.6 Å². The molecule has 0 aliphatic carbocycles. The van der Waals surface area contributed by atoms with Crippen molar-refractivity contribution in [2.75, 3.05) is 6.54 Å². The molecule has 7 nitrogen and oxygen atoms in total. The SMILES string of the molecule is CC(C)[C@@H](NC(=O)NCCn1ccnc1)C(=O)O. The third kappa shape index (κ3) is 4.44. The molecule has 0 saturated heterocycles. The average Bonchev–Trinajstić information content (AvgIpc) is 2.78. The van der Waals surface area contributed by atoms with Crippen molar-refractivity contribution in [1.29, 1.82) is 0 Å². The van der Waals surface area contributed by atoms with Crippen LogP contribution in [0.15, 0.2) is 18.7 Å². The first kappa shape index (κ1) is 14.0. The Morgan fingerprint density at radius 3 is 2.67 bits per heavy atom. The fourth-order valence-electron chi connectivity index (χ4n) is 1.42. The van der Waals surface area contributed by atoms with Gasteiger partial charge >= 0.3 is 12.0 Å². The second kappa shape index (κ2) is 6.63. The molecule has 18 heavy (non-hydrogen) atoms. The Morgan fingerprint density at radius 2 is 2.17 bits per heavy atom. The Hall–Kier alpha value is -2.05. The quantitative estimate of drug-likeness (QED) is 0.680. The number of hydrogen-bond donors (Lipinski definition) is 3. The van der Waals surface area contributed by atoms with Gasteiger partial charge in [-0.05, 0) is 5.92 Å². The zero-order valence-electron chi connectivity index (χ0n) is 10.5. The van der Waals surface area contributed by atoms with Gasteiger partial charge in [-0.3, -0.25) is 0 Å². The zero-order valence-corrected chi connectivity index (χ0v) is 10.5. The van der Waals surface area contributed by atoms with E-state index >= 15 is 0 Å². The fraction of sp³-hybridized carbons (Fsp3) is 0.545. The van der Waals surface area contributed by atoms with Gasteiger partial charge in [-0.2, -0.15) is 0 Å². The predicted octanol–water partition coefficient (Wildman–Crippen LogP) is 0.291. The second-order valence-electron chi connectivity index (χ2n) is 4.26. The monoisotopic (exact) mass is 254 g/mol. The highest BCUT2D eigenvalue weighted by Crippen LogP contribution is 2.01. The van der Waals surface area contributed by atoms with Gasteiger partial charge in [-0.1, -0.05) is 13.8 Å². The minimum absolute atomic E-state index is 0.165. The van der Waals surface area contributed by atoms with Gasteiger partial charge in [0.1, 0.15) is 6.04 Å². The number of rotatable bonds is 6. The molecule has 3 N–H and O–H groups in total. The number of urea groups is 1. The lowest BCUT2D eigenvalue weighted by molar-refractivity contribution is -0.140. The highest BCUT2D eigenvalue weighted by Gasteiger charge is 2.22. The smallest absolute Gasteiger partial charge is 0.326 e. The molecule has 0 aliphatic heterocycles. The number of aliphatic carboxylic acids is 1. The summed E-state index contributed by atoms with van der Waals surface area (Å²) in [6.07, 6.45) is 5.08. The Balaban J connectivity index is 2.30. The maximum Gasteiger partial charge on any atom is 0.326 e. The Labute approximate surface area is 105 Å². The first-order chi connectivity index (χ1) is 8.50. The summed E-state index contributed by atoms with van der Waals surface area (Å²) in [5, 5.41) is 13.9. The summed E-state index contributed by atoms with van der Waals surface area (Å²) in [7, 11) is 0. The van der Waals surface area contributed by atoms with E-state index in [1.807, 2.05) is 4.57 Å². The number of carbonyl (C=O) groups excluding carboxylic acids is 1. The number of carboxylic acids is 1. The highest BCUT2D eigenvalue weighted by atomic mass is 16.4. The number of imidazole rings is 1. The summed E-state index contributed by atoms with van der Waals surface area (Å²) in [4.78, 5) is 26.2. The van der Waals surface area contributed by atoms with Crippen LogP contribution in [0.3, 0.4) is 0 Å². The van der Waals surface area contributed by atoms with E-state index in [4.69, 9.17) is 5.11 Å². The van der Waals surface area contributed by atoms with E-state index in [2.05, 4.69) is 15.6 Å². The third-order valence-corrected chi connectivity index (χ3v) is 2.43. The zero-order chi connectivity index (χ0) is 13.5. The first-order valence-corrected chi connectivity index (χ1v) is 5.73. The molecule has 0 fully saturated rings. The highest BCUT2D eigenvalue weighted by molar-refractivity contribution is 5.82. The molecule has 1 atom stereocenters. The van der Waals surface area contributed by atoms with E-state index in [9.17, 15) is 9.59 Å². The summed E-state index contributed by atoms with van der Waals surface area (Å²) in [6, 6.07) is -1.35. The molecule has 100 valence electrons. The molecule has 2 amide bonds. The number of nitrogens with zero attached hydrogens (tertiary/aromatic N) is 2. The largest absolute Gasteiger partial charge is 0.480 e. The molecular formula is C11H18N4O3. The van der Waals surface area contributed by atoms with Crippen LogP contribution >= 0.6 is 0 Å². The van der Waals surface area contributed by atoms with Crippen LogP contribution in [-0.2, 0) is 11.3 Å². The minimum atomic E-state index is -1.03. The van der Waals surface area contributed by atoms with Crippen LogP contribution in [0.4, 0.5) is 4.79 Å². The van der Waals surface area contributed by atoms with Gasteiger partial charge in [-0.15, -0.1) is 0 Å². The number of amides is 2. The van der Waals surface area contributed by atoms with E-state index in [0.29, 0.717) is 13.1 Å². The maximum atomic E-state index is 11.5. The maximum absolute atomic E-state index is 11.5. The van der Waals surface area contributed by atoms with Gasteiger partial charge in [0.15, 0.2) is 0 Å². The fourth-order valence-corrected chi connectivity index (χ4v) is 1.42. The van der Waals surface area contributed by atoms with E-state index in [0.717, 1.165) is 0 Å². The lowest BCUT2D eigenvalue weighted by Gasteiger charge is -2.18. The predicted molar refractivity (Wildman–Crippen MR) is 65.0 cm³/mol. The van der Waals surface area contributed by atoms with Crippen molar-refractivity contribution < 1.29 is 14.7 Å². The molecule has 1 rings (SSSR count). The van der Waals surface area contributed by atoms with Gasteiger partial charge in [0.05, 0.1) is 6.33 Å². The molecule has 0 aliphatic rings.